The molecule has 2 aromatic heterocycles. The molecule has 3 heterocycles. The van der Waals surface area contributed by atoms with E-state index in [1.54, 1.807) is 10.9 Å². The molecule has 0 bridgehead atoms. The third-order valence-corrected chi connectivity index (χ3v) is 5.96. The zero-order valence-corrected chi connectivity index (χ0v) is 19.0. The van der Waals surface area contributed by atoms with E-state index < -0.39 is 0 Å². The predicted octanol–water partition coefficient (Wildman–Crippen LogP) is 3.80. The summed E-state index contributed by atoms with van der Waals surface area (Å²) in [7, 11) is 0. The van der Waals surface area contributed by atoms with Crippen LogP contribution in [-0.2, 0) is 10.3 Å². The van der Waals surface area contributed by atoms with Crippen molar-refractivity contribution in [2.24, 2.45) is 5.92 Å². The lowest BCUT2D eigenvalue weighted by atomic mass is 9.93. The van der Waals surface area contributed by atoms with Gasteiger partial charge in [0.15, 0.2) is 5.82 Å². The maximum atomic E-state index is 12.7. The minimum absolute atomic E-state index is 0.161. The highest BCUT2D eigenvalue weighted by Crippen LogP contribution is 2.32. The monoisotopic (exact) mass is 434 g/mol. The Bertz CT molecular complexity index is 1190. The molecule has 0 radical (unpaired) electrons. The number of nitriles is 1. The summed E-state index contributed by atoms with van der Waals surface area (Å²) in [6, 6.07) is 12.4. The van der Waals surface area contributed by atoms with E-state index >= 15 is 0 Å². The summed E-state index contributed by atoms with van der Waals surface area (Å²) in [6.07, 6.45) is 2.26. The van der Waals surface area contributed by atoms with Crippen LogP contribution in [0.2, 0.25) is 0 Å². The van der Waals surface area contributed by atoms with Crippen LogP contribution in [0.5, 0.6) is 0 Å². The molecule has 4 rings (SSSR count). The summed E-state index contributed by atoms with van der Waals surface area (Å²) < 4.78 is 7.39. The molecule has 8 nitrogen and oxygen atoms in total. The fourth-order valence-electron chi connectivity index (χ4n) is 4.47. The molecule has 1 aliphatic heterocycles. The minimum atomic E-state index is -0.237. The summed E-state index contributed by atoms with van der Waals surface area (Å²) >= 11 is 0. The lowest BCUT2D eigenvalue weighted by Gasteiger charge is -2.29. The van der Waals surface area contributed by atoms with E-state index in [1.165, 1.54) is 5.56 Å². The predicted molar refractivity (Wildman–Crippen MR) is 125 cm³/mol. The van der Waals surface area contributed by atoms with Crippen molar-refractivity contribution in [3.05, 3.63) is 52.4 Å². The van der Waals surface area contributed by atoms with Crippen LogP contribution in [0.3, 0.4) is 0 Å². The van der Waals surface area contributed by atoms with Gasteiger partial charge in [0, 0.05) is 30.1 Å². The number of anilines is 2. The topological polar surface area (TPSA) is 108 Å². The van der Waals surface area contributed by atoms with E-state index in [0.29, 0.717) is 42.4 Å². The van der Waals surface area contributed by atoms with E-state index in [-0.39, 0.29) is 23.1 Å². The fraction of sp³-hybridized carbons (Fsp3) is 0.458. The zero-order chi connectivity index (χ0) is 22.9. The first-order valence-electron chi connectivity index (χ1n) is 11.0. The summed E-state index contributed by atoms with van der Waals surface area (Å²) in [6.45, 7) is 9.53. The van der Waals surface area contributed by atoms with E-state index in [4.69, 9.17) is 9.84 Å². The summed E-state index contributed by atoms with van der Waals surface area (Å²) in [5.74, 6) is 0.255. The Morgan fingerprint density at radius 2 is 2.03 bits per heavy atom. The Hall–Kier alpha value is -3.15. The van der Waals surface area contributed by atoms with Crippen LogP contribution in [0.1, 0.15) is 45.7 Å². The Morgan fingerprint density at radius 3 is 2.72 bits per heavy atom. The van der Waals surface area contributed by atoms with Crippen molar-refractivity contribution in [3.8, 4) is 6.07 Å². The van der Waals surface area contributed by atoms with E-state index in [1.807, 2.05) is 18.2 Å². The smallest absolute Gasteiger partial charge is 0.261 e. The number of benzene rings is 1. The Balaban J connectivity index is 1.68. The van der Waals surface area contributed by atoms with Crippen LogP contribution in [0.4, 0.5) is 11.5 Å². The van der Waals surface area contributed by atoms with Gasteiger partial charge in [0.2, 0.25) is 0 Å². The molecule has 1 fully saturated rings. The van der Waals surface area contributed by atoms with Crippen molar-refractivity contribution in [2.45, 2.75) is 51.7 Å². The molecular formula is C24H30N6O2. The highest BCUT2D eigenvalue weighted by Gasteiger charge is 2.30. The van der Waals surface area contributed by atoms with E-state index in [9.17, 15) is 10.1 Å². The molecule has 0 saturated carbocycles. The van der Waals surface area contributed by atoms with Gasteiger partial charge in [-0.05, 0) is 44.0 Å². The van der Waals surface area contributed by atoms with Crippen molar-refractivity contribution in [1.82, 2.24) is 20.1 Å². The number of hydrogen-bond acceptors (Lipinski definition) is 6. The molecule has 0 spiro atoms. The first-order chi connectivity index (χ1) is 15.3. The SMILES string of the molecule is CC(C)NC(C)(C)c1ccc(Nc2nn([C@H]3COCCC3C#N)c3cc[nH]c(=O)c23)cc1. The van der Waals surface area contributed by atoms with Gasteiger partial charge < -0.3 is 20.4 Å². The van der Waals surface area contributed by atoms with Crippen molar-refractivity contribution in [1.29, 1.82) is 5.26 Å². The highest BCUT2D eigenvalue weighted by molar-refractivity contribution is 5.91. The normalized spacial score (nSPS) is 19.2. The number of nitrogens with zero attached hydrogens (tertiary/aromatic N) is 3. The Labute approximate surface area is 187 Å². The van der Waals surface area contributed by atoms with Gasteiger partial charge in [-0.25, -0.2) is 0 Å². The summed E-state index contributed by atoms with van der Waals surface area (Å²) in [5, 5.41) is 21.7. The third kappa shape index (κ3) is 4.27. The first-order valence-corrected chi connectivity index (χ1v) is 11.0. The number of aromatic amines is 1. The number of H-pyrrole nitrogens is 1. The van der Waals surface area contributed by atoms with Crippen molar-refractivity contribution in [2.75, 3.05) is 18.5 Å². The lowest BCUT2D eigenvalue weighted by molar-refractivity contribution is 0.0359. The molecule has 1 aromatic carbocycles. The molecule has 3 N–H and O–H groups in total. The lowest BCUT2D eigenvalue weighted by Crippen LogP contribution is -2.40. The van der Waals surface area contributed by atoms with Crippen LogP contribution in [0, 0.1) is 17.2 Å². The molecule has 1 unspecified atom stereocenters. The zero-order valence-electron chi connectivity index (χ0n) is 19.0. The van der Waals surface area contributed by atoms with Gasteiger partial charge in [-0.1, -0.05) is 26.0 Å². The average Bonchev–Trinajstić information content (AvgIpc) is 3.12. The van der Waals surface area contributed by atoms with Gasteiger partial charge in [0.25, 0.3) is 5.56 Å². The summed E-state index contributed by atoms with van der Waals surface area (Å²) in [4.78, 5) is 15.4. The number of hydrogen-bond donors (Lipinski definition) is 3. The number of aromatic nitrogens is 3. The minimum Gasteiger partial charge on any atom is -0.379 e. The van der Waals surface area contributed by atoms with E-state index in [0.717, 1.165) is 5.69 Å². The summed E-state index contributed by atoms with van der Waals surface area (Å²) in [5.41, 5.74) is 2.30. The quantitative estimate of drug-likeness (QED) is 0.545. The van der Waals surface area contributed by atoms with Crippen LogP contribution in [-0.4, -0.2) is 34.0 Å². The standard InChI is InChI=1S/C24H30N6O2/c1-15(2)28-24(3,4)17-5-7-18(8-6-17)27-22-21-19(9-11-26-23(21)31)30(29-22)20-14-32-12-10-16(20)13-25/h5-9,11,15-16,20,28H,10,12,14H2,1-4H3,(H,26,31)(H,27,29)/t16?,20-/m0/s1. The van der Waals surface area contributed by atoms with Gasteiger partial charge in [0.05, 0.1) is 30.2 Å². The van der Waals surface area contributed by atoms with Crippen LogP contribution in [0.15, 0.2) is 41.3 Å². The Kier molecular flexibility index (Phi) is 6.04. The molecular weight excluding hydrogens is 404 g/mol. The maximum Gasteiger partial charge on any atom is 0.261 e. The second-order valence-corrected chi connectivity index (χ2v) is 9.15. The number of nitrogens with one attached hydrogen (secondary N) is 3. The second-order valence-electron chi connectivity index (χ2n) is 9.15. The second kappa shape index (κ2) is 8.77. The molecule has 168 valence electrons. The molecule has 3 aromatic rings. The van der Waals surface area contributed by atoms with Crippen molar-refractivity contribution < 1.29 is 4.74 Å². The maximum absolute atomic E-state index is 12.7. The van der Waals surface area contributed by atoms with Crippen molar-refractivity contribution in [3.63, 3.8) is 0 Å². The Morgan fingerprint density at radius 1 is 1.28 bits per heavy atom. The molecule has 8 heteroatoms. The number of rotatable bonds is 6. The molecule has 0 amide bonds. The number of pyridine rings is 1. The molecule has 2 atom stereocenters. The molecule has 32 heavy (non-hydrogen) atoms. The average molecular weight is 435 g/mol. The number of ether oxygens (including phenoxy) is 1. The van der Waals surface area contributed by atoms with Gasteiger partial charge in [-0.2, -0.15) is 10.4 Å². The first kappa shape index (κ1) is 22.1. The van der Waals surface area contributed by atoms with Crippen LogP contribution < -0.4 is 16.2 Å². The highest BCUT2D eigenvalue weighted by atomic mass is 16.5. The largest absolute Gasteiger partial charge is 0.379 e. The van der Waals surface area contributed by atoms with Crippen molar-refractivity contribution >= 4 is 22.4 Å². The molecule has 1 saturated heterocycles. The van der Waals surface area contributed by atoms with Gasteiger partial charge in [-0.3, -0.25) is 9.48 Å². The van der Waals surface area contributed by atoms with Gasteiger partial charge in [0.1, 0.15) is 5.39 Å². The third-order valence-electron chi connectivity index (χ3n) is 5.96. The van der Waals surface area contributed by atoms with Crippen LogP contribution in [0.25, 0.3) is 10.9 Å². The van der Waals surface area contributed by atoms with Gasteiger partial charge in [-0.15, -0.1) is 0 Å². The fourth-order valence-corrected chi connectivity index (χ4v) is 4.47. The van der Waals surface area contributed by atoms with E-state index in [2.05, 4.69) is 61.5 Å². The van der Waals surface area contributed by atoms with Crippen LogP contribution >= 0.6 is 0 Å². The molecule has 1 aliphatic rings. The number of fused-ring (bicyclic) bond motifs is 1. The van der Waals surface area contributed by atoms with Gasteiger partial charge >= 0.3 is 0 Å². The molecule has 0 aliphatic carbocycles.